The summed E-state index contributed by atoms with van der Waals surface area (Å²) in [5.41, 5.74) is 2.60. The van der Waals surface area contributed by atoms with E-state index in [1.807, 2.05) is 38.1 Å². The predicted molar refractivity (Wildman–Crippen MR) is 82.0 cm³/mol. The zero-order valence-electron chi connectivity index (χ0n) is 13.0. The van der Waals surface area contributed by atoms with Crippen LogP contribution in [-0.4, -0.2) is 33.1 Å². The molecule has 2 heterocycles. The van der Waals surface area contributed by atoms with Gasteiger partial charge >= 0.3 is 5.97 Å². The van der Waals surface area contributed by atoms with Gasteiger partial charge in [0.2, 0.25) is 5.76 Å². The Morgan fingerprint density at radius 3 is 2.61 bits per heavy atom. The van der Waals surface area contributed by atoms with Gasteiger partial charge in [0.25, 0.3) is 5.91 Å². The maximum atomic E-state index is 12.7. The van der Waals surface area contributed by atoms with E-state index in [0.717, 1.165) is 11.1 Å². The van der Waals surface area contributed by atoms with Crippen LogP contribution in [-0.2, 0) is 17.8 Å². The second kappa shape index (κ2) is 5.87. The fraction of sp³-hybridized carbons (Fsp3) is 0.353. The summed E-state index contributed by atoms with van der Waals surface area (Å²) in [5.74, 6) is -1.24. The van der Waals surface area contributed by atoms with Crippen molar-refractivity contribution in [3.63, 3.8) is 0 Å². The van der Waals surface area contributed by atoms with Crippen molar-refractivity contribution >= 4 is 11.9 Å². The lowest BCUT2D eigenvalue weighted by Gasteiger charge is -2.33. The molecule has 1 amide bonds. The van der Waals surface area contributed by atoms with Crippen molar-refractivity contribution in [3.05, 3.63) is 52.9 Å². The fourth-order valence-corrected chi connectivity index (χ4v) is 2.76. The molecule has 0 bridgehead atoms. The van der Waals surface area contributed by atoms with Crippen molar-refractivity contribution in [2.45, 2.75) is 38.8 Å². The standard InChI is InChI=1S/C17H18N2O4/c1-10(2)13-8-15(23-18-13)16(20)19-9-12-6-4-3-5-11(12)7-14(19)17(21)22/h3-6,8,10,14H,7,9H2,1-2H3,(H,21,22). The molecule has 1 N–H and O–H groups in total. The lowest BCUT2D eigenvalue weighted by molar-refractivity contribution is -0.142. The molecular weight excluding hydrogens is 296 g/mol. The summed E-state index contributed by atoms with van der Waals surface area (Å²) in [6.07, 6.45) is 0.294. The smallest absolute Gasteiger partial charge is 0.326 e. The third-order valence-corrected chi connectivity index (χ3v) is 4.13. The van der Waals surface area contributed by atoms with Crippen molar-refractivity contribution < 1.29 is 19.2 Å². The maximum absolute atomic E-state index is 12.7. The van der Waals surface area contributed by atoms with Crippen molar-refractivity contribution in [1.82, 2.24) is 10.1 Å². The summed E-state index contributed by atoms with van der Waals surface area (Å²) in [5, 5.41) is 13.4. The molecular formula is C17H18N2O4. The Morgan fingerprint density at radius 2 is 2.00 bits per heavy atom. The van der Waals surface area contributed by atoms with Crippen molar-refractivity contribution in [2.75, 3.05) is 0 Å². The Bertz CT molecular complexity index is 751. The lowest BCUT2D eigenvalue weighted by atomic mass is 9.93. The number of aromatic nitrogens is 1. The number of aliphatic carboxylic acids is 1. The SMILES string of the molecule is CC(C)c1cc(C(=O)N2Cc3ccccc3CC2C(=O)O)on1. The second-order valence-corrected chi connectivity index (χ2v) is 6.03. The summed E-state index contributed by atoms with van der Waals surface area (Å²) >= 11 is 0. The lowest BCUT2D eigenvalue weighted by Crippen LogP contribution is -2.48. The first-order chi connectivity index (χ1) is 11.0. The number of fused-ring (bicyclic) bond motifs is 1. The Morgan fingerprint density at radius 1 is 1.30 bits per heavy atom. The number of hydrogen-bond acceptors (Lipinski definition) is 4. The molecule has 1 aromatic heterocycles. The number of hydrogen-bond donors (Lipinski definition) is 1. The van der Waals surface area contributed by atoms with Crippen molar-refractivity contribution in [2.24, 2.45) is 0 Å². The number of carbonyl (C=O) groups is 2. The van der Waals surface area contributed by atoms with Crippen LogP contribution >= 0.6 is 0 Å². The molecule has 6 heteroatoms. The summed E-state index contributed by atoms with van der Waals surface area (Å²) in [6, 6.07) is 8.26. The number of amides is 1. The zero-order chi connectivity index (χ0) is 16.6. The van der Waals surface area contributed by atoms with Gasteiger partial charge in [-0.3, -0.25) is 4.79 Å². The normalized spacial score (nSPS) is 17.2. The van der Waals surface area contributed by atoms with E-state index in [9.17, 15) is 14.7 Å². The molecule has 1 aliphatic rings. The fourth-order valence-electron chi connectivity index (χ4n) is 2.76. The number of carbonyl (C=O) groups excluding carboxylic acids is 1. The molecule has 1 atom stereocenters. The number of carboxylic acid groups (broad SMARTS) is 1. The summed E-state index contributed by atoms with van der Waals surface area (Å²) < 4.78 is 5.12. The topological polar surface area (TPSA) is 83.6 Å². The van der Waals surface area contributed by atoms with Gasteiger partial charge in [0.1, 0.15) is 6.04 Å². The van der Waals surface area contributed by atoms with Crippen molar-refractivity contribution in [1.29, 1.82) is 0 Å². The number of benzene rings is 1. The highest BCUT2D eigenvalue weighted by molar-refractivity contribution is 5.94. The highest BCUT2D eigenvalue weighted by atomic mass is 16.5. The third kappa shape index (κ3) is 2.84. The Balaban J connectivity index is 1.92. The van der Waals surface area contributed by atoms with Gasteiger partial charge in [-0.15, -0.1) is 0 Å². The van der Waals surface area contributed by atoms with E-state index >= 15 is 0 Å². The van der Waals surface area contributed by atoms with Crippen LogP contribution in [0.5, 0.6) is 0 Å². The molecule has 0 aliphatic carbocycles. The third-order valence-electron chi connectivity index (χ3n) is 4.13. The van der Waals surface area contributed by atoms with E-state index in [4.69, 9.17) is 4.52 Å². The van der Waals surface area contributed by atoms with E-state index in [1.165, 1.54) is 4.90 Å². The van der Waals surface area contributed by atoms with Crippen LogP contribution in [0, 0.1) is 0 Å². The minimum atomic E-state index is -1.02. The summed E-state index contributed by atoms with van der Waals surface area (Å²) in [4.78, 5) is 25.6. The maximum Gasteiger partial charge on any atom is 0.326 e. The quantitative estimate of drug-likeness (QED) is 0.940. The first kappa shape index (κ1) is 15.3. The average Bonchev–Trinajstić information content (AvgIpc) is 3.03. The first-order valence-corrected chi connectivity index (χ1v) is 7.54. The van der Waals surface area contributed by atoms with Gasteiger partial charge in [0.15, 0.2) is 0 Å². The van der Waals surface area contributed by atoms with Gasteiger partial charge in [-0.25, -0.2) is 4.79 Å². The molecule has 0 radical (unpaired) electrons. The van der Waals surface area contributed by atoms with E-state index in [0.29, 0.717) is 12.1 Å². The molecule has 2 aromatic rings. The molecule has 1 aromatic carbocycles. The van der Waals surface area contributed by atoms with E-state index in [2.05, 4.69) is 5.16 Å². The number of carboxylic acids is 1. The molecule has 0 fully saturated rings. The molecule has 0 saturated carbocycles. The molecule has 6 nitrogen and oxygen atoms in total. The minimum Gasteiger partial charge on any atom is -0.480 e. The van der Waals surface area contributed by atoms with Crippen LogP contribution in [0.3, 0.4) is 0 Å². The summed E-state index contributed by atoms with van der Waals surface area (Å²) in [6.45, 7) is 4.15. The van der Waals surface area contributed by atoms with Gasteiger partial charge in [-0.2, -0.15) is 0 Å². The van der Waals surface area contributed by atoms with E-state index in [-0.39, 0.29) is 18.2 Å². The van der Waals surface area contributed by atoms with E-state index in [1.54, 1.807) is 6.07 Å². The summed E-state index contributed by atoms with van der Waals surface area (Å²) in [7, 11) is 0. The van der Waals surface area contributed by atoms with Gasteiger partial charge in [0.05, 0.1) is 5.69 Å². The molecule has 120 valence electrons. The van der Waals surface area contributed by atoms with Gasteiger partial charge < -0.3 is 14.5 Å². The molecule has 0 spiro atoms. The second-order valence-electron chi connectivity index (χ2n) is 6.03. The first-order valence-electron chi connectivity index (χ1n) is 7.54. The number of nitrogens with zero attached hydrogens (tertiary/aromatic N) is 2. The van der Waals surface area contributed by atoms with Gasteiger partial charge in [0, 0.05) is 19.0 Å². The Labute approximate surface area is 133 Å². The molecule has 0 saturated heterocycles. The molecule has 1 aliphatic heterocycles. The zero-order valence-corrected chi connectivity index (χ0v) is 13.0. The highest BCUT2D eigenvalue weighted by Gasteiger charge is 2.36. The van der Waals surface area contributed by atoms with Crippen LogP contribution in [0.15, 0.2) is 34.9 Å². The molecule has 3 rings (SSSR count). The minimum absolute atomic E-state index is 0.0827. The van der Waals surface area contributed by atoms with E-state index < -0.39 is 17.9 Å². The van der Waals surface area contributed by atoms with Gasteiger partial charge in [-0.05, 0) is 17.0 Å². The van der Waals surface area contributed by atoms with Crippen LogP contribution in [0.2, 0.25) is 0 Å². The van der Waals surface area contributed by atoms with Crippen LogP contribution < -0.4 is 0 Å². The van der Waals surface area contributed by atoms with Crippen LogP contribution in [0.1, 0.15) is 47.1 Å². The van der Waals surface area contributed by atoms with Crippen LogP contribution in [0.25, 0.3) is 0 Å². The predicted octanol–water partition coefficient (Wildman–Crippen LogP) is 2.45. The number of rotatable bonds is 3. The van der Waals surface area contributed by atoms with Crippen LogP contribution in [0.4, 0.5) is 0 Å². The highest BCUT2D eigenvalue weighted by Crippen LogP contribution is 2.26. The monoisotopic (exact) mass is 314 g/mol. The largest absolute Gasteiger partial charge is 0.480 e. The average molecular weight is 314 g/mol. The Kier molecular flexibility index (Phi) is 3.90. The molecule has 23 heavy (non-hydrogen) atoms. The molecule has 1 unspecified atom stereocenters. The van der Waals surface area contributed by atoms with Gasteiger partial charge in [-0.1, -0.05) is 43.3 Å². The van der Waals surface area contributed by atoms with Crippen molar-refractivity contribution in [3.8, 4) is 0 Å². The Hall–Kier alpha value is -2.63.